The number of aliphatic carboxylic acids is 1. The highest BCUT2D eigenvalue weighted by Gasteiger charge is 2.23. The number of carboxylic acid groups (broad SMARTS) is 1. The normalized spacial score (nSPS) is 14.6. The van der Waals surface area contributed by atoms with Gasteiger partial charge in [-0.25, -0.2) is 4.79 Å². The van der Waals surface area contributed by atoms with Gasteiger partial charge in [0.15, 0.2) is 6.04 Å². The maximum Gasteiger partial charge on any atom is 0.330 e. The molecule has 2 N–H and O–H groups in total. The van der Waals surface area contributed by atoms with Crippen LogP contribution in [0.4, 0.5) is 5.69 Å². The summed E-state index contributed by atoms with van der Waals surface area (Å²) in [5.41, 5.74) is 4.87. The van der Waals surface area contributed by atoms with Gasteiger partial charge in [0.1, 0.15) is 0 Å². The van der Waals surface area contributed by atoms with E-state index in [-0.39, 0.29) is 0 Å². The van der Waals surface area contributed by atoms with Gasteiger partial charge in [-0.3, -0.25) is 9.80 Å². The van der Waals surface area contributed by atoms with Crippen LogP contribution in [0.2, 0.25) is 0 Å². The number of nitrogens with one attached hydrogen (secondary N) is 1. The Balaban J connectivity index is 1.77. The number of benzene rings is 2. The molecule has 0 fully saturated rings. The highest BCUT2D eigenvalue weighted by atomic mass is 16.4. The average molecular weight is 365 g/mol. The summed E-state index contributed by atoms with van der Waals surface area (Å²) in [6.45, 7) is 6.61. The Bertz CT molecular complexity index is 883. The minimum atomic E-state index is -1.10. The Labute approximate surface area is 158 Å². The van der Waals surface area contributed by atoms with Crippen LogP contribution < -0.4 is 10.3 Å². The van der Waals surface area contributed by atoms with Crippen LogP contribution in [0.1, 0.15) is 46.4 Å². The fraction of sp³-hybridized carbons (Fsp3) is 0.286. The molecule has 1 heterocycles. The van der Waals surface area contributed by atoms with Crippen LogP contribution in [0.3, 0.4) is 0 Å². The maximum atomic E-state index is 12.6. The van der Waals surface area contributed by atoms with Crippen LogP contribution in [0, 0.1) is 13.8 Å². The largest absolute Gasteiger partial charge is 0.479 e. The molecule has 0 saturated carbocycles. The molecule has 1 unspecified atom stereocenters. The molecule has 1 amide bonds. The number of carboxylic acids is 1. The van der Waals surface area contributed by atoms with Crippen molar-refractivity contribution in [2.45, 2.75) is 33.2 Å². The van der Waals surface area contributed by atoms with Crippen LogP contribution in [0.5, 0.6) is 0 Å². The first-order valence-corrected chi connectivity index (χ1v) is 8.87. The third kappa shape index (κ3) is 4.34. The van der Waals surface area contributed by atoms with Crippen LogP contribution in [-0.4, -0.2) is 29.2 Å². The SMILES string of the molecule is CC1=NN(c2ccc(C(=O)NC(C(=O)O)c3cc(C)cc(C)c3)cc2)CC1. The van der Waals surface area contributed by atoms with E-state index in [0.717, 1.165) is 35.5 Å². The van der Waals surface area contributed by atoms with Gasteiger partial charge < -0.3 is 10.4 Å². The molecule has 140 valence electrons. The molecule has 6 heteroatoms. The van der Waals surface area contributed by atoms with E-state index in [4.69, 9.17) is 0 Å². The van der Waals surface area contributed by atoms with E-state index in [0.29, 0.717) is 11.1 Å². The van der Waals surface area contributed by atoms with E-state index in [1.807, 2.05) is 44.0 Å². The van der Waals surface area contributed by atoms with Gasteiger partial charge in [0.25, 0.3) is 5.91 Å². The molecule has 0 aliphatic carbocycles. The molecule has 0 bridgehead atoms. The lowest BCUT2D eigenvalue weighted by atomic mass is 10.0. The standard InChI is InChI=1S/C21H23N3O3/c1-13-10-14(2)12-17(11-13)19(21(26)27)22-20(25)16-4-6-18(7-5-16)24-9-8-15(3)23-24/h4-7,10-12,19H,8-9H2,1-3H3,(H,22,25)(H,26,27). The molecule has 1 aliphatic rings. The van der Waals surface area contributed by atoms with Crippen LogP contribution >= 0.6 is 0 Å². The summed E-state index contributed by atoms with van der Waals surface area (Å²) < 4.78 is 0. The fourth-order valence-electron chi connectivity index (χ4n) is 3.22. The molecule has 0 aromatic heterocycles. The lowest BCUT2D eigenvalue weighted by Gasteiger charge is -2.17. The molecule has 1 aliphatic heterocycles. The minimum Gasteiger partial charge on any atom is -0.479 e. The topological polar surface area (TPSA) is 82.0 Å². The molecule has 0 radical (unpaired) electrons. The van der Waals surface area contributed by atoms with Crippen molar-refractivity contribution < 1.29 is 14.7 Å². The quantitative estimate of drug-likeness (QED) is 0.850. The summed E-state index contributed by atoms with van der Waals surface area (Å²) in [5, 5.41) is 18.5. The molecular formula is C21H23N3O3. The molecular weight excluding hydrogens is 342 g/mol. The van der Waals surface area contributed by atoms with Gasteiger partial charge in [0, 0.05) is 24.2 Å². The van der Waals surface area contributed by atoms with Gasteiger partial charge in [0.05, 0.1) is 5.69 Å². The molecule has 6 nitrogen and oxygen atoms in total. The first-order chi connectivity index (χ1) is 12.8. The Morgan fingerprint density at radius 2 is 1.70 bits per heavy atom. The number of aryl methyl sites for hydroxylation is 2. The molecule has 1 atom stereocenters. The smallest absolute Gasteiger partial charge is 0.330 e. The van der Waals surface area contributed by atoms with Gasteiger partial charge in [-0.1, -0.05) is 29.3 Å². The molecule has 0 saturated heterocycles. The number of nitrogens with zero attached hydrogens (tertiary/aromatic N) is 2. The van der Waals surface area contributed by atoms with E-state index < -0.39 is 17.9 Å². The number of anilines is 1. The van der Waals surface area contributed by atoms with Crippen LogP contribution in [-0.2, 0) is 4.79 Å². The summed E-state index contributed by atoms with van der Waals surface area (Å²) in [5.74, 6) is -1.51. The number of carbonyl (C=O) groups excluding carboxylic acids is 1. The zero-order valence-electron chi connectivity index (χ0n) is 15.7. The van der Waals surface area contributed by atoms with Gasteiger partial charge in [-0.15, -0.1) is 0 Å². The highest BCUT2D eigenvalue weighted by molar-refractivity contribution is 5.97. The third-order valence-corrected chi connectivity index (χ3v) is 4.50. The van der Waals surface area contributed by atoms with Crippen molar-refractivity contribution in [1.82, 2.24) is 5.32 Å². The Kier molecular flexibility index (Phi) is 5.26. The Morgan fingerprint density at radius 3 is 2.22 bits per heavy atom. The zero-order chi connectivity index (χ0) is 19.6. The van der Waals surface area contributed by atoms with E-state index in [1.165, 1.54) is 0 Å². The van der Waals surface area contributed by atoms with E-state index >= 15 is 0 Å². The number of hydrogen-bond acceptors (Lipinski definition) is 4. The summed E-state index contributed by atoms with van der Waals surface area (Å²) in [6.07, 6.45) is 0.929. The number of hydrazone groups is 1. The Hall–Kier alpha value is -3.15. The second-order valence-corrected chi connectivity index (χ2v) is 6.92. The number of hydrogen-bond donors (Lipinski definition) is 2. The van der Waals surface area contributed by atoms with Crippen molar-refractivity contribution in [3.8, 4) is 0 Å². The minimum absolute atomic E-state index is 0.411. The maximum absolute atomic E-state index is 12.6. The molecule has 27 heavy (non-hydrogen) atoms. The van der Waals surface area contributed by atoms with Gasteiger partial charge >= 0.3 is 5.97 Å². The average Bonchev–Trinajstić information content (AvgIpc) is 3.05. The van der Waals surface area contributed by atoms with Gasteiger partial charge in [0.2, 0.25) is 0 Å². The predicted molar refractivity (Wildman–Crippen MR) is 105 cm³/mol. The van der Waals surface area contributed by atoms with Crippen molar-refractivity contribution in [2.75, 3.05) is 11.6 Å². The number of rotatable bonds is 5. The monoisotopic (exact) mass is 365 g/mol. The lowest BCUT2D eigenvalue weighted by Crippen LogP contribution is -2.33. The van der Waals surface area contributed by atoms with Crippen molar-refractivity contribution in [2.24, 2.45) is 5.10 Å². The highest BCUT2D eigenvalue weighted by Crippen LogP contribution is 2.21. The molecule has 2 aromatic carbocycles. The van der Waals surface area contributed by atoms with E-state index in [9.17, 15) is 14.7 Å². The van der Waals surface area contributed by atoms with Crippen LogP contribution in [0.15, 0.2) is 47.6 Å². The van der Waals surface area contributed by atoms with Crippen molar-refractivity contribution in [3.05, 3.63) is 64.7 Å². The summed E-state index contributed by atoms with van der Waals surface area (Å²) in [6, 6.07) is 11.5. The second kappa shape index (κ2) is 7.61. The fourth-order valence-corrected chi connectivity index (χ4v) is 3.22. The summed E-state index contributed by atoms with van der Waals surface area (Å²) in [7, 11) is 0. The first kappa shape index (κ1) is 18.6. The summed E-state index contributed by atoms with van der Waals surface area (Å²) >= 11 is 0. The van der Waals surface area contributed by atoms with E-state index in [2.05, 4.69) is 10.4 Å². The van der Waals surface area contributed by atoms with E-state index in [1.54, 1.807) is 24.3 Å². The van der Waals surface area contributed by atoms with Crippen LogP contribution in [0.25, 0.3) is 0 Å². The summed E-state index contributed by atoms with van der Waals surface area (Å²) in [4.78, 5) is 24.3. The Morgan fingerprint density at radius 1 is 1.07 bits per heavy atom. The first-order valence-electron chi connectivity index (χ1n) is 8.87. The zero-order valence-corrected chi connectivity index (χ0v) is 15.7. The predicted octanol–water partition coefficient (Wildman–Crippen LogP) is 3.45. The number of amides is 1. The second-order valence-electron chi connectivity index (χ2n) is 6.92. The lowest BCUT2D eigenvalue weighted by molar-refractivity contribution is -0.139. The number of carbonyl (C=O) groups is 2. The van der Waals surface area contributed by atoms with Crippen molar-refractivity contribution in [3.63, 3.8) is 0 Å². The third-order valence-electron chi connectivity index (χ3n) is 4.50. The molecule has 2 aromatic rings. The van der Waals surface area contributed by atoms with Gasteiger partial charge in [-0.05, 0) is 50.6 Å². The molecule has 3 rings (SSSR count). The van der Waals surface area contributed by atoms with Gasteiger partial charge in [-0.2, -0.15) is 5.10 Å². The van der Waals surface area contributed by atoms with Crippen molar-refractivity contribution >= 4 is 23.3 Å². The molecule has 0 spiro atoms. The van der Waals surface area contributed by atoms with Crippen molar-refractivity contribution in [1.29, 1.82) is 0 Å².